The first-order chi connectivity index (χ1) is 16.8. The average molecular weight is 500 g/mol. The van der Waals surface area contributed by atoms with Gasteiger partial charge in [-0.1, -0.05) is 29.8 Å². The van der Waals surface area contributed by atoms with Gasteiger partial charge in [-0.05, 0) is 19.1 Å². The van der Waals surface area contributed by atoms with Crippen molar-refractivity contribution in [3.8, 4) is 28.5 Å². The van der Waals surface area contributed by atoms with Crippen molar-refractivity contribution in [2.45, 2.75) is 6.92 Å². The molecule has 35 heavy (non-hydrogen) atoms. The first kappa shape index (κ1) is 25.5. The van der Waals surface area contributed by atoms with Crippen molar-refractivity contribution in [3.63, 3.8) is 0 Å². The molecule has 0 bridgehead atoms. The number of methoxy groups -OCH3 is 3. The third kappa shape index (κ3) is 6.70. The zero-order valence-corrected chi connectivity index (χ0v) is 20.5. The molecule has 0 spiro atoms. The number of aryl methyl sites for hydroxylation is 1. The van der Waals surface area contributed by atoms with E-state index < -0.39 is 30.9 Å². The van der Waals surface area contributed by atoms with Crippen LogP contribution in [0.5, 0.6) is 17.2 Å². The molecule has 0 saturated heterocycles. The van der Waals surface area contributed by atoms with E-state index in [0.29, 0.717) is 22.4 Å². The number of esters is 1. The van der Waals surface area contributed by atoms with Crippen molar-refractivity contribution in [2.24, 2.45) is 0 Å². The van der Waals surface area contributed by atoms with Crippen LogP contribution in [0.1, 0.15) is 15.9 Å². The van der Waals surface area contributed by atoms with Gasteiger partial charge in [-0.15, -0.1) is 11.3 Å². The molecular weight excluding hydrogens is 474 g/mol. The molecule has 10 nitrogen and oxygen atoms in total. The summed E-state index contributed by atoms with van der Waals surface area (Å²) in [5.74, 6) is -0.951. The highest BCUT2D eigenvalue weighted by atomic mass is 32.1. The molecule has 0 saturated carbocycles. The summed E-state index contributed by atoms with van der Waals surface area (Å²) in [7, 11) is 4.30. The first-order valence-electron chi connectivity index (χ1n) is 10.4. The molecule has 184 valence electrons. The van der Waals surface area contributed by atoms with Gasteiger partial charge in [-0.25, -0.2) is 4.98 Å². The number of carbonyl (C=O) groups excluding carboxylic acids is 3. The van der Waals surface area contributed by atoms with E-state index in [0.717, 1.165) is 16.8 Å². The number of aromatic nitrogens is 1. The van der Waals surface area contributed by atoms with Gasteiger partial charge in [-0.2, -0.15) is 0 Å². The fourth-order valence-corrected chi connectivity index (χ4v) is 3.74. The first-order valence-corrected chi connectivity index (χ1v) is 11.3. The second-order valence-corrected chi connectivity index (χ2v) is 8.07. The second kappa shape index (κ2) is 11.8. The predicted molar refractivity (Wildman–Crippen MR) is 130 cm³/mol. The fraction of sp³-hybridized carbons (Fsp3) is 0.250. The van der Waals surface area contributed by atoms with Crippen molar-refractivity contribution < 1.29 is 33.3 Å². The summed E-state index contributed by atoms with van der Waals surface area (Å²) >= 11 is 1.26. The topological polar surface area (TPSA) is 125 Å². The lowest BCUT2D eigenvalue weighted by Crippen LogP contribution is -2.32. The van der Waals surface area contributed by atoms with Gasteiger partial charge in [0.25, 0.3) is 11.8 Å². The highest BCUT2D eigenvalue weighted by molar-refractivity contribution is 7.14. The minimum absolute atomic E-state index is 0.193. The summed E-state index contributed by atoms with van der Waals surface area (Å²) < 4.78 is 20.6. The Morgan fingerprint density at radius 3 is 2.23 bits per heavy atom. The van der Waals surface area contributed by atoms with Crippen LogP contribution in [0.15, 0.2) is 41.8 Å². The number of nitrogens with one attached hydrogen (secondary N) is 2. The van der Waals surface area contributed by atoms with Crippen molar-refractivity contribution in [1.82, 2.24) is 10.3 Å². The quantitative estimate of drug-likeness (QED) is 0.408. The van der Waals surface area contributed by atoms with Gasteiger partial charge >= 0.3 is 5.97 Å². The number of ether oxygens (including phenoxy) is 4. The minimum atomic E-state index is -0.777. The van der Waals surface area contributed by atoms with Crippen molar-refractivity contribution >= 4 is 34.3 Å². The van der Waals surface area contributed by atoms with Crippen molar-refractivity contribution in [1.29, 1.82) is 0 Å². The number of nitrogens with zero attached hydrogens (tertiary/aromatic N) is 1. The molecule has 0 atom stereocenters. The Kier molecular flexibility index (Phi) is 8.63. The highest BCUT2D eigenvalue weighted by Crippen LogP contribution is 2.38. The van der Waals surface area contributed by atoms with E-state index in [4.69, 9.17) is 18.9 Å². The number of benzene rings is 2. The molecule has 0 radical (unpaired) electrons. The van der Waals surface area contributed by atoms with Crippen LogP contribution in [0.25, 0.3) is 11.3 Å². The number of carbonyl (C=O) groups is 3. The number of hydrogen-bond donors (Lipinski definition) is 2. The molecule has 0 aliphatic carbocycles. The van der Waals surface area contributed by atoms with Crippen LogP contribution in [0, 0.1) is 6.92 Å². The molecule has 2 amide bonds. The maximum atomic E-state index is 12.4. The molecule has 0 aliphatic rings. The second-order valence-electron chi connectivity index (χ2n) is 7.21. The average Bonchev–Trinajstić information content (AvgIpc) is 3.33. The zero-order chi connectivity index (χ0) is 25.4. The Labute approximate surface area is 206 Å². The van der Waals surface area contributed by atoms with Crippen LogP contribution in [-0.2, 0) is 14.3 Å². The van der Waals surface area contributed by atoms with Crippen molar-refractivity contribution in [3.05, 3.63) is 52.9 Å². The molecule has 0 unspecified atom stereocenters. The van der Waals surface area contributed by atoms with Gasteiger partial charge in [0.05, 0.1) is 27.0 Å². The van der Waals surface area contributed by atoms with Crippen LogP contribution < -0.4 is 24.8 Å². The minimum Gasteiger partial charge on any atom is -0.493 e. The Morgan fingerprint density at radius 1 is 0.971 bits per heavy atom. The maximum Gasteiger partial charge on any atom is 0.325 e. The number of anilines is 1. The number of hydrogen-bond acceptors (Lipinski definition) is 9. The summed E-state index contributed by atoms with van der Waals surface area (Å²) in [6.45, 7) is 1.05. The Morgan fingerprint density at radius 2 is 1.63 bits per heavy atom. The summed E-state index contributed by atoms with van der Waals surface area (Å²) in [6, 6.07) is 10.8. The van der Waals surface area contributed by atoms with Crippen LogP contribution in [0.4, 0.5) is 5.13 Å². The van der Waals surface area contributed by atoms with Gasteiger partial charge in [0.15, 0.2) is 23.2 Å². The molecule has 2 aromatic carbocycles. The normalized spacial score (nSPS) is 10.3. The lowest BCUT2D eigenvalue weighted by atomic mass is 10.1. The molecule has 3 aromatic rings. The van der Waals surface area contributed by atoms with Crippen molar-refractivity contribution in [2.75, 3.05) is 39.8 Å². The van der Waals surface area contributed by atoms with Gasteiger partial charge in [0.2, 0.25) is 5.75 Å². The fourth-order valence-electron chi connectivity index (χ4n) is 3.01. The number of rotatable bonds is 10. The molecule has 11 heteroatoms. The van der Waals surface area contributed by atoms with E-state index in [2.05, 4.69) is 15.6 Å². The van der Waals surface area contributed by atoms with Crippen LogP contribution >= 0.6 is 11.3 Å². The predicted octanol–water partition coefficient (Wildman–Crippen LogP) is 3.06. The monoisotopic (exact) mass is 499 g/mol. The van der Waals surface area contributed by atoms with Crippen LogP contribution in [0.3, 0.4) is 0 Å². The third-order valence-electron chi connectivity index (χ3n) is 4.78. The van der Waals surface area contributed by atoms with E-state index >= 15 is 0 Å². The highest BCUT2D eigenvalue weighted by Gasteiger charge is 2.18. The maximum absolute atomic E-state index is 12.4. The summed E-state index contributed by atoms with van der Waals surface area (Å²) in [4.78, 5) is 40.9. The molecular formula is C24H25N3O7S. The standard InChI is InChI=1S/C24H25N3O7S/c1-14-5-7-15(8-6-14)17-13-35-24(26-17)27-20(28)12-34-21(29)11-25-23(30)16-9-18(31-2)22(33-4)19(10-16)32-3/h5-10,13H,11-12H2,1-4H3,(H,25,30)(H,26,27,28). The van der Waals surface area contributed by atoms with E-state index in [1.807, 2.05) is 36.6 Å². The summed E-state index contributed by atoms with van der Waals surface area (Å²) in [5.41, 5.74) is 3.00. The van der Waals surface area contributed by atoms with Gasteiger partial charge in [0.1, 0.15) is 6.54 Å². The van der Waals surface area contributed by atoms with Crippen LogP contribution in [-0.4, -0.2) is 57.2 Å². The van der Waals surface area contributed by atoms with E-state index in [9.17, 15) is 14.4 Å². The largest absolute Gasteiger partial charge is 0.493 e. The van der Waals surface area contributed by atoms with Gasteiger partial charge < -0.3 is 24.3 Å². The number of amides is 2. The molecule has 1 aromatic heterocycles. The van der Waals surface area contributed by atoms with E-state index in [1.54, 1.807) is 0 Å². The lowest BCUT2D eigenvalue weighted by Gasteiger charge is -2.14. The third-order valence-corrected chi connectivity index (χ3v) is 5.54. The van der Waals surface area contributed by atoms with Gasteiger partial charge in [-0.3, -0.25) is 19.7 Å². The summed E-state index contributed by atoms with van der Waals surface area (Å²) in [6.07, 6.45) is 0. The molecule has 0 aliphatic heterocycles. The number of thiazole rings is 1. The molecule has 0 fully saturated rings. The molecule has 2 N–H and O–H groups in total. The molecule has 3 rings (SSSR count). The van der Waals surface area contributed by atoms with E-state index in [-0.39, 0.29) is 5.56 Å². The zero-order valence-electron chi connectivity index (χ0n) is 19.7. The Bertz CT molecular complexity index is 1180. The molecule has 1 heterocycles. The summed E-state index contributed by atoms with van der Waals surface area (Å²) in [5, 5.41) is 7.23. The smallest absolute Gasteiger partial charge is 0.325 e. The Balaban J connectivity index is 1.48. The van der Waals surface area contributed by atoms with Crippen LogP contribution in [0.2, 0.25) is 0 Å². The Hall–Kier alpha value is -4.12. The van der Waals surface area contributed by atoms with Gasteiger partial charge in [0, 0.05) is 16.5 Å². The van der Waals surface area contributed by atoms with E-state index in [1.165, 1.54) is 44.8 Å². The SMILES string of the molecule is COc1cc(C(=O)NCC(=O)OCC(=O)Nc2nc(-c3ccc(C)cc3)cs2)cc(OC)c1OC. The lowest BCUT2D eigenvalue weighted by molar-refractivity contribution is -0.146.